The lowest BCUT2D eigenvalue weighted by atomic mass is 9.79. The minimum atomic E-state index is -3.50. The predicted octanol–water partition coefficient (Wildman–Crippen LogP) is 4.20. The lowest BCUT2D eigenvalue weighted by Crippen LogP contribution is -2.35. The van der Waals surface area contributed by atoms with E-state index < -0.39 is 16.0 Å². The zero-order valence-electron chi connectivity index (χ0n) is 15.2. The molecule has 1 aromatic rings. The molecule has 0 radical (unpaired) electrons. The van der Waals surface area contributed by atoms with Crippen molar-refractivity contribution in [3.8, 4) is 0 Å². The summed E-state index contributed by atoms with van der Waals surface area (Å²) in [7, 11) is -3.50. The molecule has 7 heteroatoms. The Morgan fingerprint density at radius 3 is 2.63 bits per heavy atom. The number of rotatable bonds is 9. The van der Waals surface area contributed by atoms with Crippen LogP contribution in [0, 0.1) is 23.7 Å². The molecule has 0 aromatic heterocycles. The van der Waals surface area contributed by atoms with E-state index in [1.165, 1.54) is 19.3 Å². The van der Waals surface area contributed by atoms with Crippen molar-refractivity contribution in [3.63, 3.8) is 0 Å². The molecule has 27 heavy (non-hydrogen) atoms. The molecule has 0 aliphatic heterocycles. The second-order valence-corrected chi connectivity index (χ2v) is 10.3. The van der Waals surface area contributed by atoms with Crippen LogP contribution in [0.25, 0.3) is 0 Å². The van der Waals surface area contributed by atoms with Crippen molar-refractivity contribution < 1.29 is 18.3 Å². The molecule has 5 nitrogen and oxygen atoms in total. The number of benzene rings is 1. The van der Waals surface area contributed by atoms with Gasteiger partial charge in [0.1, 0.15) is 0 Å². The molecule has 0 spiro atoms. The van der Waals surface area contributed by atoms with E-state index in [1.807, 2.05) is 0 Å². The molecule has 2 saturated carbocycles. The van der Waals surface area contributed by atoms with Crippen molar-refractivity contribution in [1.82, 2.24) is 4.72 Å². The quantitative estimate of drug-likeness (QED) is 0.431. The third-order valence-electron chi connectivity index (χ3n) is 5.91. The van der Waals surface area contributed by atoms with Gasteiger partial charge in [0, 0.05) is 17.4 Å². The van der Waals surface area contributed by atoms with E-state index >= 15 is 0 Å². The lowest BCUT2D eigenvalue weighted by Gasteiger charge is -2.29. The highest BCUT2D eigenvalue weighted by Crippen LogP contribution is 2.52. The third-order valence-corrected chi connectivity index (χ3v) is 7.88. The van der Waals surface area contributed by atoms with Crippen LogP contribution in [-0.4, -0.2) is 26.0 Å². The number of aliphatic carboxylic acids is 1. The summed E-state index contributed by atoms with van der Waals surface area (Å²) in [5, 5.41) is 8.72. The molecule has 2 bridgehead atoms. The fraction of sp³-hybridized carbons (Fsp3) is 0.550. The molecular formula is C20H26BrNO4S. The highest BCUT2D eigenvalue weighted by Gasteiger charge is 2.46. The molecular weight excluding hydrogens is 430 g/mol. The summed E-state index contributed by atoms with van der Waals surface area (Å²) in [5.74, 6) is 1.17. The first kappa shape index (κ1) is 20.6. The maximum atomic E-state index is 12.6. The minimum Gasteiger partial charge on any atom is -0.481 e. The normalized spacial score (nSPS) is 27.4. The Hall–Kier alpha value is -1.18. The number of halogens is 1. The Morgan fingerprint density at radius 2 is 1.93 bits per heavy atom. The molecule has 2 N–H and O–H groups in total. The number of sulfonamides is 1. The van der Waals surface area contributed by atoms with Crippen LogP contribution >= 0.6 is 15.9 Å². The summed E-state index contributed by atoms with van der Waals surface area (Å²) in [5.41, 5.74) is 0. The summed E-state index contributed by atoms with van der Waals surface area (Å²) in [6.07, 6.45) is 9.47. The van der Waals surface area contributed by atoms with Gasteiger partial charge in [-0.3, -0.25) is 4.79 Å². The van der Waals surface area contributed by atoms with Crippen molar-refractivity contribution in [2.75, 3.05) is 6.54 Å². The molecule has 2 aliphatic rings. The number of hydrogen-bond acceptors (Lipinski definition) is 3. The van der Waals surface area contributed by atoms with E-state index in [4.69, 9.17) is 5.11 Å². The monoisotopic (exact) mass is 455 g/mol. The van der Waals surface area contributed by atoms with Gasteiger partial charge in [-0.2, -0.15) is 0 Å². The van der Waals surface area contributed by atoms with Gasteiger partial charge in [-0.15, -0.1) is 0 Å². The number of carboxylic acids is 1. The van der Waals surface area contributed by atoms with Crippen LogP contribution in [0.1, 0.15) is 38.5 Å². The van der Waals surface area contributed by atoms with Crippen LogP contribution in [0.15, 0.2) is 45.8 Å². The van der Waals surface area contributed by atoms with Crippen LogP contribution < -0.4 is 4.72 Å². The topological polar surface area (TPSA) is 83.5 Å². The van der Waals surface area contributed by atoms with E-state index in [2.05, 4.69) is 32.8 Å². The van der Waals surface area contributed by atoms with Gasteiger partial charge in [-0.1, -0.05) is 28.1 Å². The largest absolute Gasteiger partial charge is 0.481 e. The lowest BCUT2D eigenvalue weighted by molar-refractivity contribution is -0.137. The van der Waals surface area contributed by atoms with Gasteiger partial charge in [0.25, 0.3) is 0 Å². The number of unbranched alkanes of at least 4 members (excludes halogenated alkanes) is 1. The molecule has 3 rings (SSSR count). The molecule has 2 fully saturated rings. The van der Waals surface area contributed by atoms with E-state index in [-0.39, 0.29) is 11.3 Å². The summed E-state index contributed by atoms with van der Waals surface area (Å²) in [4.78, 5) is 10.9. The minimum absolute atomic E-state index is 0.192. The van der Waals surface area contributed by atoms with Gasteiger partial charge in [0.2, 0.25) is 10.0 Å². The van der Waals surface area contributed by atoms with Gasteiger partial charge in [0.15, 0.2) is 0 Å². The molecule has 148 valence electrons. The average Bonchev–Trinajstić information content (AvgIpc) is 3.21. The number of allylic oxidation sites excluding steroid dienone is 2. The molecule has 0 heterocycles. The van der Waals surface area contributed by atoms with Gasteiger partial charge < -0.3 is 5.11 Å². The first-order chi connectivity index (χ1) is 12.9. The standard InChI is InChI=1S/C20H26BrNO4S/c21-16-8-10-17(11-9-16)27(25,26)22-13-19-15-7-6-14(12-15)18(19)4-2-1-3-5-20(23)24/h2,4,8-11,14-15,18-19,22H,1,3,5-7,12-13H2,(H,23,24)/b4-2+/t14-,15-,18+,19+/m0/s1. The molecule has 0 amide bonds. The zero-order valence-corrected chi connectivity index (χ0v) is 17.6. The molecule has 4 atom stereocenters. The number of fused-ring (bicyclic) bond motifs is 2. The first-order valence-electron chi connectivity index (χ1n) is 9.50. The highest BCUT2D eigenvalue weighted by atomic mass is 79.9. The second kappa shape index (κ2) is 8.88. The summed E-state index contributed by atoms with van der Waals surface area (Å²) < 4.78 is 28.8. The van der Waals surface area contributed by atoms with E-state index in [9.17, 15) is 13.2 Å². The van der Waals surface area contributed by atoms with Crippen molar-refractivity contribution in [2.24, 2.45) is 23.7 Å². The Balaban J connectivity index is 1.59. The first-order valence-corrected chi connectivity index (χ1v) is 11.8. The number of carbonyl (C=O) groups is 1. The van der Waals surface area contributed by atoms with Crippen LogP contribution in [0.3, 0.4) is 0 Å². The maximum Gasteiger partial charge on any atom is 0.303 e. The smallest absolute Gasteiger partial charge is 0.303 e. The molecule has 0 unspecified atom stereocenters. The molecule has 1 aromatic carbocycles. The Kier molecular flexibility index (Phi) is 6.76. The van der Waals surface area contributed by atoms with E-state index in [0.717, 1.165) is 10.9 Å². The van der Waals surface area contributed by atoms with Gasteiger partial charge >= 0.3 is 5.97 Å². The summed E-state index contributed by atoms with van der Waals surface area (Å²) >= 11 is 3.32. The van der Waals surface area contributed by atoms with Gasteiger partial charge in [0.05, 0.1) is 4.90 Å². The van der Waals surface area contributed by atoms with E-state index in [0.29, 0.717) is 36.6 Å². The second-order valence-electron chi connectivity index (χ2n) is 7.59. The van der Waals surface area contributed by atoms with Crippen LogP contribution in [0.2, 0.25) is 0 Å². The fourth-order valence-corrected chi connectivity index (χ4v) is 5.92. The highest BCUT2D eigenvalue weighted by molar-refractivity contribution is 9.10. The Labute approximate surface area is 169 Å². The maximum absolute atomic E-state index is 12.6. The zero-order chi connectivity index (χ0) is 19.4. The van der Waals surface area contributed by atoms with Gasteiger partial charge in [-0.25, -0.2) is 13.1 Å². The van der Waals surface area contributed by atoms with Crippen LogP contribution in [-0.2, 0) is 14.8 Å². The molecule has 0 saturated heterocycles. The number of nitrogens with one attached hydrogen (secondary N) is 1. The van der Waals surface area contributed by atoms with Crippen molar-refractivity contribution in [1.29, 1.82) is 0 Å². The average molecular weight is 456 g/mol. The fourth-order valence-electron chi connectivity index (χ4n) is 4.59. The van der Waals surface area contributed by atoms with E-state index in [1.54, 1.807) is 24.3 Å². The van der Waals surface area contributed by atoms with Crippen molar-refractivity contribution in [2.45, 2.75) is 43.4 Å². The summed E-state index contributed by atoms with van der Waals surface area (Å²) in [6, 6.07) is 6.67. The third kappa shape index (κ3) is 5.21. The SMILES string of the molecule is O=C(O)CCC/C=C/[C@@H]1[C@H]2CC[C@@H](C2)[C@H]1CNS(=O)(=O)c1ccc(Br)cc1. The Bertz CT molecular complexity index is 791. The van der Waals surface area contributed by atoms with Crippen molar-refractivity contribution >= 4 is 31.9 Å². The molecule has 2 aliphatic carbocycles. The Morgan fingerprint density at radius 1 is 1.22 bits per heavy atom. The predicted molar refractivity (Wildman–Crippen MR) is 108 cm³/mol. The van der Waals surface area contributed by atoms with Crippen LogP contribution in [0.4, 0.5) is 0 Å². The van der Waals surface area contributed by atoms with Crippen LogP contribution in [0.5, 0.6) is 0 Å². The van der Waals surface area contributed by atoms with Crippen molar-refractivity contribution in [3.05, 3.63) is 40.9 Å². The number of hydrogen-bond donors (Lipinski definition) is 2. The summed E-state index contributed by atoms with van der Waals surface area (Å²) in [6.45, 7) is 0.462. The number of carboxylic acid groups (broad SMARTS) is 1. The van der Waals surface area contributed by atoms with Gasteiger partial charge in [-0.05, 0) is 80.0 Å².